The summed E-state index contributed by atoms with van der Waals surface area (Å²) >= 11 is 0. The van der Waals surface area contributed by atoms with Crippen LogP contribution in [-0.4, -0.2) is 24.2 Å². The number of rotatable bonds is 3. The van der Waals surface area contributed by atoms with Crippen LogP contribution in [0.5, 0.6) is 0 Å². The summed E-state index contributed by atoms with van der Waals surface area (Å²) in [6, 6.07) is 9.77. The van der Waals surface area contributed by atoms with Crippen molar-refractivity contribution < 1.29 is 4.74 Å². The Morgan fingerprint density at radius 3 is 2.95 bits per heavy atom. The maximum Gasteiger partial charge on any atom is 0.0882 e. The molecule has 3 atom stereocenters. The normalized spacial score (nSPS) is 26.2. The van der Waals surface area contributed by atoms with Crippen LogP contribution in [0.15, 0.2) is 36.6 Å². The second-order valence-corrected chi connectivity index (χ2v) is 6.66. The fraction of sp³-hybridized carbons (Fsp3) is 0.474. The molecule has 0 radical (unpaired) electrons. The van der Waals surface area contributed by atoms with Crippen LogP contribution in [-0.2, 0) is 4.74 Å². The Hall–Kier alpha value is -1.74. The summed E-state index contributed by atoms with van der Waals surface area (Å²) in [7, 11) is 0. The molecule has 3 heterocycles. The van der Waals surface area contributed by atoms with E-state index < -0.39 is 0 Å². The molecule has 2 N–H and O–H groups in total. The van der Waals surface area contributed by atoms with Crippen LogP contribution in [0.2, 0.25) is 0 Å². The minimum Gasteiger partial charge on any atom is -0.501 e. The summed E-state index contributed by atoms with van der Waals surface area (Å²) in [4.78, 5) is 3.66. The summed E-state index contributed by atoms with van der Waals surface area (Å²) in [5.74, 6) is 1.03. The molecule has 0 spiro atoms. The van der Waals surface area contributed by atoms with E-state index in [0.29, 0.717) is 17.9 Å². The molecule has 1 fully saturated rings. The first-order valence-electron chi connectivity index (χ1n) is 8.45. The van der Waals surface area contributed by atoms with E-state index in [1.807, 2.05) is 6.26 Å². The molecule has 3 unspecified atom stereocenters. The van der Waals surface area contributed by atoms with Gasteiger partial charge in [-0.05, 0) is 55.0 Å². The largest absolute Gasteiger partial charge is 0.501 e. The summed E-state index contributed by atoms with van der Waals surface area (Å²) in [5.41, 5.74) is 4.00. The predicted molar refractivity (Wildman–Crippen MR) is 90.2 cm³/mol. The van der Waals surface area contributed by atoms with Crippen LogP contribution >= 0.6 is 0 Å². The van der Waals surface area contributed by atoms with E-state index in [2.05, 4.69) is 47.6 Å². The Morgan fingerprint density at radius 2 is 2.18 bits per heavy atom. The maximum absolute atomic E-state index is 5.31. The lowest BCUT2D eigenvalue weighted by Crippen LogP contribution is -2.27. The highest BCUT2D eigenvalue weighted by Crippen LogP contribution is 2.30. The van der Waals surface area contributed by atoms with Gasteiger partial charge in [0.2, 0.25) is 0 Å². The van der Waals surface area contributed by atoms with Crippen LogP contribution in [0, 0.1) is 0 Å². The highest BCUT2D eigenvalue weighted by Gasteiger charge is 2.23. The third kappa shape index (κ3) is 2.54. The monoisotopic (exact) mass is 296 g/mol. The van der Waals surface area contributed by atoms with Crippen LogP contribution in [0.3, 0.4) is 0 Å². The molecular weight excluding hydrogens is 272 g/mol. The zero-order valence-electron chi connectivity index (χ0n) is 13.1. The smallest absolute Gasteiger partial charge is 0.0882 e. The van der Waals surface area contributed by atoms with E-state index in [9.17, 15) is 0 Å². The Balaban J connectivity index is 1.62. The fourth-order valence-corrected chi connectivity index (χ4v) is 3.79. The molecule has 0 aliphatic carbocycles. The van der Waals surface area contributed by atoms with Crippen LogP contribution in [0.1, 0.15) is 49.3 Å². The molecule has 116 valence electrons. The second kappa shape index (κ2) is 5.81. The molecule has 3 heteroatoms. The number of hydrogen-bond donors (Lipinski definition) is 2. The Labute approximate surface area is 131 Å². The molecular formula is C19H24N2O. The summed E-state index contributed by atoms with van der Waals surface area (Å²) in [6.07, 6.45) is 7.66. The Morgan fingerprint density at radius 1 is 1.23 bits per heavy atom. The molecule has 1 saturated heterocycles. The van der Waals surface area contributed by atoms with Crippen molar-refractivity contribution >= 4 is 10.9 Å². The number of nitrogens with one attached hydrogen (secondary N) is 2. The van der Waals surface area contributed by atoms with Gasteiger partial charge in [0.05, 0.1) is 12.9 Å². The van der Waals surface area contributed by atoms with E-state index in [4.69, 9.17) is 4.74 Å². The number of hydrogen-bond acceptors (Lipinski definition) is 2. The minimum atomic E-state index is 0.485. The van der Waals surface area contributed by atoms with Gasteiger partial charge in [0.25, 0.3) is 0 Å². The lowest BCUT2D eigenvalue weighted by molar-refractivity contribution is 0.223. The SMILES string of the molecule is CC(c1cc2ccc(C3C=COCC3)cc2[nH]1)C1CCCN1. The number of fused-ring (bicyclic) bond motifs is 1. The van der Waals surface area contributed by atoms with Gasteiger partial charge in [-0.25, -0.2) is 0 Å². The van der Waals surface area contributed by atoms with Gasteiger partial charge < -0.3 is 15.0 Å². The second-order valence-electron chi connectivity index (χ2n) is 6.66. The molecule has 22 heavy (non-hydrogen) atoms. The summed E-state index contributed by atoms with van der Waals surface area (Å²) < 4.78 is 5.31. The van der Waals surface area contributed by atoms with Crippen molar-refractivity contribution in [1.29, 1.82) is 0 Å². The van der Waals surface area contributed by atoms with Gasteiger partial charge in [-0.3, -0.25) is 0 Å². The van der Waals surface area contributed by atoms with E-state index in [-0.39, 0.29) is 0 Å². The number of allylic oxidation sites excluding steroid dienone is 1. The first kappa shape index (κ1) is 13.9. The van der Waals surface area contributed by atoms with Crippen LogP contribution in [0.4, 0.5) is 0 Å². The Bertz CT molecular complexity index is 682. The zero-order valence-corrected chi connectivity index (χ0v) is 13.1. The molecule has 1 aromatic carbocycles. The van der Waals surface area contributed by atoms with Crippen molar-refractivity contribution in [3.63, 3.8) is 0 Å². The minimum absolute atomic E-state index is 0.485. The van der Waals surface area contributed by atoms with Crippen LogP contribution < -0.4 is 5.32 Å². The van der Waals surface area contributed by atoms with Crippen molar-refractivity contribution in [2.24, 2.45) is 0 Å². The average Bonchev–Trinajstić information content (AvgIpc) is 3.23. The molecule has 4 rings (SSSR count). The third-order valence-corrected chi connectivity index (χ3v) is 5.24. The molecule has 0 bridgehead atoms. The fourth-order valence-electron chi connectivity index (χ4n) is 3.79. The quantitative estimate of drug-likeness (QED) is 0.897. The van der Waals surface area contributed by atoms with Crippen molar-refractivity contribution in [1.82, 2.24) is 10.3 Å². The molecule has 1 aromatic heterocycles. The van der Waals surface area contributed by atoms with Crippen molar-refractivity contribution in [2.45, 2.75) is 44.1 Å². The Kier molecular flexibility index (Phi) is 3.67. The maximum atomic E-state index is 5.31. The lowest BCUT2D eigenvalue weighted by atomic mass is 9.94. The molecule has 2 aromatic rings. The van der Waals surface area contributed by atoms with Crippen molar-refractivity contribution in [2.75, 3.05) is 13.2 Å². The molecule has 0 saturated carbocycles. The molecule has 2 aliphatic heterocycles. The van der Waals surface area contributed by atoms with Gasteiger partial charge in [-0.2, -0.15) is 0 Å². The predicted octanol–water partition coefficient (Wildman–Crippen LogP) is 4.04. The van der Waals surface area contributed by atoms with Gasteiger partial charge in [0.1, 0.15) is 0 Å². The topological polar surface area (TPSA) is 37.0 Å². The third-order valence-electron chi connectivity index (χ3n) is 5.24. The summed E-state index contributed by atoms with van der Waals surface area (Å²) in [6.45, 7) is 4.31. The van der Waals surface area contributed by atoms with Gasteiger partial charge in [0, 0.05) is 29.1 Å². The van der Waals surface area contributed by atoms with E-state index in [0.717, 1.165) is 19.6 Å². The van der Waals surface area contributed by atoms with Gasteiger partial charge in [-0.15, -0.1) is 0 Å². The first-order chi connectivity index (χ1) is 10.8. The molecule has 3 nitrogen and oxygen atoms in total. The number of benzene rings is 1. The highest BCUT2D eigenvalue weighted by molar-refractivity contribution is 5.81. The zero-order chi connectivity index (χ0) is 14.9. The van der Waals surface area contributed by atoms with Gasteiger partial charge >= 0.3 is 0 Å². The summed E-state index contributed by atoms with van der Waals surface area (Å²) in [5, 5.41) is 4.94. The number of ether oxygens (including phenoxy) is 1. The van der Waals surface area contributed by atoms with E-state index in [1.165, 1.54) is 35.0 Å². The first-order valence-corrected chi connectivity index (χ1v) is 8.45. The number of aromatic nitrogens is 1. The molecule has 2 aliphatic rings. The standard InChI is InChI=1S/C19H24N2O/c1-13(17-3-2-8-20-17)18-12-16-5-4-15(11-19(16)21-18)14-6-9-22-10-7-14/h4-6,9,11-14,17,20-21H,2-3,7-8,10H2,1H3. The highest BCUT2D eigenvalue weighted by atomic mass is 16.5. The number of aromatic amines is 1. The van der Waals surface area contributed by atoms with Crippen LogP contribution in [0.25, 0.3) is 10.9 Å². The van der Waals surface area contributed by atoms with E-state index in [1.54, 1.807) is 0 Å². The molecule has 0 amide bonds. The van der Waals surface area contributed by atoms with Gasteiger partial charge in [-0.1, -0.05) is 19.1 Å². The van der Waals surface area contributed by atoms with E-state index >= 15 is 0 Å². The lowest BCUT2D eigenvalue weighted by Gasteiger charge is -2.18. The van der Waals surface area contributed by atoms with Gasteiger partial charge in [0.15, 0.2) is 0 Å². The van der Waals surface area contributed by atoms with Crippen molar-refractivity contribution in [3.8, 4) is 0 Å². The van der Waals surface area contributed by atoms with Crippen molar-refractivity contribution in [3.05, 3.63) is 47.9 Å². The number of H-pyrrole nitrogens is 1. The average molecular weight is 296 g/mol.